The Balaban J connectivity index is 0.00000214. The number of fused-ring (bicyclic) bond motifs is 4. The number of aryl methyl sites for hydroxylation is 1. The van der Waals surface area contributed by atoms with Crippen molar-refractivity contribution in [3.8, 4) is 11.1 Å². The van der Waals surface area contributed by atoms with Crippen LogP contribution in [0.15, 0.2) is 109 Å². The largest absolute Gasteiger partial charge is 0.384 e. The lowest BCUT2D eigenvalue weighted by Crippen LogP contribution is -2.40. The van der Waals surface area contributed by atoms with E-state index in [-0.39, 0.29) is 6.17 Å². The summed E-state index contributed by atoms with van der Waals surface area (Å²) in [5, 5.41) is 14.4. The molecule has 0 fully saturated rings. The van der Waals surface area contributed by atoms with Gasteiger partial charge in [-0.2, -0.15) is 0 Å². The first kappa shape index (κ1) is 44.9. The molecule has 6 N–H and O–H groups in total. The number of anilines is 2. The molecule has 0 bridgehead atoms. The predicted octanol–water partition coefficient (Wildman–Crippen LogP) is 9.59. The van der Waals surface area contributed by atoms with Gasteiger partial charge < -0.3 is 26.8 Å². The van der Waals surface area contributed by atoms with Crippen molar-refractivity contribution in [2.45, 2.75) is 86.7 Å². The third-order valence-electron chi connectivity index (χ3n) is 8.48. The zero-order valence-corrected chi connectivity index (χ0v) is 33.5. The minimum Gasteiger partial charge on any atom is -0.384 e. The summed E-state index contributed by atoms with van der Waals surface area (Å²) in [6.45, 7) is 29.8. The van der Waals surface area contributed by atoms with Gasteiger partial charge in [0.1, 0.15) is 12.0 Å². The summed E-state index contributed by atoms with van der Waals surface area (Å²) < 4.78 is 0. The van der Waals surface area contributed by atoms with Gasteiger partial charge in [0.05, 0.1) is 11.4 Å². The number of aliphatic imine (C=N–C) groups is 1. The molecule has 0 spiro atoms. The first-order chi connectivity index (χ1) is 25.3. The molecule has 1 atom stereocenters. The number of rotatable bonds is 14. The lowest BCUT2D eigenvalue weighted by Gasteiger charge is -2.34. The minimum absolute atomic E-state index is 0.144. The molecule has 282 valence electrons. The van der Waals surface area contributed by atoms with Gasteiger partial charge in [0, 0.05) is 42.8 Å². The van der Waals surface area contributed by atoms with E-state index >= 15 is 0 Å². The lowest BCUT2D eigenvalue weighted by molar-refractivity contribution is 0.671. The maximum atomic E-state index is 6.37. The number of nitrogens with two attached hydrogens (primary N) is 1. The van der Waals surface area contributed by atoms with Crippen LogP contribution in [0.3, 0.4) is 0 Å². The van der Waals surface area contributed by atoms with Crippen molar-refractivity contribution in [2.24, 2.45) is 10.7 Å². The van der Waals surface area contributed by atoms with E-state index < -0.39 is 0 Å². The van der Waals surface area contributed by atoms with E-state index in [0.29, 0.717) is 12.4 Å². The SMILES string of the molecule is C=CN/C(=C/Cc1ccc2c(c1N(C)N/C=C\C)CCc1cc3c(cc1-2)N(C(C=C)NC)/C=C\C(C(N)=NCC)=C/C3=C)CCC.C=N.CC.CC. The highest BCUT2D eigenvalue weighted by atomic mass is 15.5. The number of benzene rings is 2. The van der Waals surface area contributed by atoms with Gasteiger partial charge in [-0.05, 0) is 117 Å². The van der Waals surface area contributed by atoms with Crippen LogP contribution in [0.1, 0.15) is 83.6 Å². The zero-order valence-electron chi connectivity index (χ0n) is 33.5. The van der Waals surface area contributed by atoms with E-state index in [0.717, 1.165) is 54.5 Å². The first-order valence-electron chi connectivity index (χ1n) is 18.6. The van der Waals surface area contributed by atoms with E-state index in [1.807, 2.05) is 79.1 Å². The highest BCUT2D eigenvalue weighted by Gasteiger charge is 2.27. The number of nitrogens with one attached hydrogen (secondary N) is 4. The van der Waals surface area contributed by atoms with Crippen molar-refractivity contribution in [3.05, 3.63) is 127 Å². The topological polar surface area (TPSA) is 105 Å². The predicted molar refractivity (Wildman–Crippen MR) is 232 cm³/mol. The summed E-state index contributed by atoms with van der Waals surface area (Å²) in [4.78, 5) is 6.66. The number of hydrogen-bond donors (Lipinski definition) is 5. The van der Waals surface area contributed by atoms with Crippen molar-refractivity contribution in [1.29, 1.82) is 5.41 Å². The molecule has 0 aromatic heterocycles. The Morgan fingerprint density at radius 1 is 1.08 bits per heavy atom. The zero-order chi connectivity index (χ0) is 39.2. The van der Waals surface area contributed by atoms with Gasteiger partial charge in [0.15, 0.2) is 0 Å². The summed E-state index contributed by atoms with van der Waals surface area (Å²) >= 11 is 0. The summed E-state index contributed by atoms with van der Waals surface area (Å²) in [6, 6.07) is 9.22. The molecular formula is C44H66N8. The van der Waals surface area contributed by atoms with Gasteiger partial charge in [-0.25, -0.2) is 0 Å². The number of nitrogens with zero attached hydrogens (tertiary/aromatic N) is 3. The Kier molecular flexibility index (Phi) is 20.9. The van der Waals surface area contributed by atoms with E-state index in [2.05, 4.69) is 108 Å². The van der Waals surface area contributed by atoms with Crippen molar-refractivity contribution in [1.82, 2.24) is 16.1 Å². The van der Waals surface area contributed by atoms with Crippen LogP contribution in [0, 0.1) is 5.41 Å². The summed E-state index contributed by atoms with van der Waals surface area (Å²) in [6.07, 6.45) is 20.7. The fourth-order valence-corrected chi connectivity index (χ4v) is 6.30. The summed E-state index contributed by atoms with van der Waals surface area (Å²) in [5.74, 6) is 0.505. The van der Waals surface area contributed by atoms with Crippen LogP contribution in [0.2, 0.25) is 0 Å². The average molecular weight is 707 g/mol. The highest BCUT2D eigenvalue weighted by molar-refractivity contribution is 6.03. The number of amidine groups is 1. The van der Waals surface area contributed by atoms with Crippen LogP contribution in [0.4, 0.5) is 11.4 Å². The van der Waals surface area contributed by atoms with Crippen LogP contribution >= 0.6 is 0 Å². The molecule has 0 saturated heterocycles. The van der Waals surface area contributed by atoms with Crippen molar-refractivity contribution >= 4 is 29.5 Å². The average Bonchev–Trinajstić information content (AvgIpc) is 3.18. The highest BCUT2D eigenvalue weighted by Crippen LogP contribution is 2.44. The van der Waals surface area contributed by atoms with Crippen LogP contribution in [0.25, 0.3) is 16.7 Å². The van der Waals surface area contributed by atoms with Crippen molar-refractivity contribution < 1.29 is 0 Å². The molecule has 2 aromatic rings. The molecule has 8 nitrogen and oxygen atoms in total. The fourth-order valence-electron chi connectivity index (χ4n) is 6.30. The third kappa shape index (κ3) is 11.2. The lowest BCUT2D eigenvalue weighted by atomic mass is 9.81. The monoisotopic (exact) mass is 707 g/mol. The van der Waals surface area contributed by atoms with Crippen LogP contribution in [0.5, 0.6) is 0 Å². The second-order valence-electron chi connectivity index (χ2n) is 11.5. The molecule has 1 aliphatic heterocycles. The molecule has 8 heteroatoms. The molecular weight excluding hydrogens is 641 g/mol. The molecule has 4 rings (SSSR count). The Bertz CT molecular complexity index is 1620. The van der Waals surface area contributed by atoms with Crippen LogP contribution < -0.4 is 31.7 Å². The number of hydrogen-bond acceptors (Lipinski definition) is 7. The van der Waals surface area contributed by atoms with Gasteiger partial charge in [-0.1, -0.05) is 91.1 Å². The molecule has 1 heterocycles. The Hall–Kier alpha value is -5.08. The smallest absolute Gasteiger partial charge is 0.125 e. The number of hydrazine groups is 1. The van der Waals surface area contributed by atoms with Gasteiger partial charge >= 0.3 is 0 Å². The molecule has 0 radical (unpaired) electrons. The molecule has 0 amide bonds. The normalized spacial score (nSPS) is 15.4. The third-order valence-corrected chi connectivity index (χ3v) is 8.48. The first-order valence-corrected chi connectivity index (χ1v) is 18.6. The van der Waals surface area contributed by atoms with E-state index in [9.17, 15) is 0 Å². The van der Waals surface area contributed by atoms with E-state index in [1.54, 1.807) is 6.20 Å². The molecule has 52 heavy (non-hydrogen) atoms. The Morgan fingerprint density at radius 3 is 2.38 bits per heavy atom. The second-order valence-corrected chi connectivity index (χ2v) is 11.5. The number of likely N-dealkylation sites (N-methyl/N-ethyl adjacent to an activating group) is 1. The minimum atomic E-state index is -0.144. The van der Waals surface area contributed by atoms with Crippen LogP contribution in [-0.4, -0.2) is 39.4 Å². The molecule has 2 aromatic carbocycles. The van der Waals surface area contributed by atoms with E-state index in [1.165, 1.54) is 39.2 Å². The summed E-state index contributed by atoms with van der Waals surface area (Å²) in [7, 11) is 4.04. The fraction of sp³-hybridized carbons (Fsp3) is 0.364. The van der Waals surface area contributed by atoms with Gasteiger partial charge in [0.2, 0.25) is 0 Å². The van der Waals surface area contributed by atoms with Crippen molar-refractivity contribution in [3.63, 3.8) is 0 Å². The molecule has 1 aliphatic carbocycles. The maximum Gasteiger partial charge on any atom is 0.125 e. The van der Waals surface area contributed by atoms with Gasteiger partial charge in [-0.3, -0.25) is 15.3 Å². The Morgan fingerprint density at radius 2 is 1.79 bits per heavy atom. The summed E-state index contributed by atoms with van der Waals surface area (Å²) in [5.41, 5.74) is 22.5. The second kappa shape index (κ2) is 24.2. The maximum absolute atomic E-state index is 6.37. The standard InChI is InChI=1S/C39H51N7.2C2H6.CH3N/c1-9-14-31(42-12-4)18-15-28-16-19-32-33(38(28)45(8)44-22-10-2)20-17-29-25-34-27(6)24-30(39(40)43-13-5)21-23-46(37(11-3)41-7)36(34)26-35(29)32;3*1-2/h10-12,16,18-19,21-26,37,41-42,44H,3-4,6,9,13-15,17,20H2,1-2,5,7-8H3,(H2,40,43);2*1-2H3;2H,1H2/b22-10-,23-21-,30-24+,31-18+;;;. The van der Waals surface area contributed by atoms with E-state index in [4.69, 9.17) is 11.1 Å². The molecule has 0 saturated carbocycles. The van der Waals surface area contributed by atoms with Crippen molar-refractivity contribution in [2.75, 3.05) is 30.5 Å². The molecule has 2 aliphatic rings. The van der Waals surface area contributed by atoms with Gasteiger partial charge in [-0.15, -0.1) is 0 Å². The molecule has 1 unspecified atom stereocenters. The van der Waals surface area contributed by atoms with Gasteiger partial charge in [0.25, 0.3) is 0 Å². The Labute approximate surface area is 315 Å². The number of allylic oxidation sites excluding steroid dienone is 5. The quantitative estimate of drug-likeness (QED) is 0.0580. The van der Waals surface area contributed by atoms with Crippen LogP contribution in [-0.2, 0) is 19.3 Å².